The zero-order valence-electron chi connectivity index (χ0n) is 29.9. The fraction of sp³-hybridized carbons (Fsp3) is 0.250. The van der Waals surface area contributed by atoms with Gasteiger partial charge in [0.1, 0.15) is 0 Å². The van der Waals surface area contributed by atoms with Gasteiger partial charge in [0.2, 0.25) is 0 Å². The van der Waals surface area contributed by atoms with Gasteiger partial charge in [-0.25, -0.2) is 0 Å². The van der Waals surface area contributed by atoms with Gasteiger partial charge in [0.25, 0.3) is 0 Å². The van der Waals surface area contributed by atoms with E-state index in [2.05, 4.69) is 176 Å². The molecule has 2 radical (unpaired) electrons. The van der Waals surface area contributed by atoms with E-state index in [9.17, 15) is 0 Å². The number of rotatable bonds is 3. The Morgan fingerprint density at radius 2 is 1.51 bits per heavy atom. The molecule has 0 saturated carbocycles. The van der Waals surface area contributed by atoms with Crippen molar-refractivity contribution in [2.75, 3.05) is 4.90 Å². The Morgan fingerprint density at radius 3 is 2.17 bits per heavy atom. The van der Waals surface area contributed by atoms with Gasteiger partial charge in [0.15, 0.2) is 0 Å². The molecule has 3 heteroatoms. The summed E-state index contributed by atoms with van der Waals surface area (Å²) >= 11 is 1.36. The Labute approximate surface area is 302 Å². The first-order valence-electron chi connectivity index (χ1n) is 15.9. The summed E-state index contributed by atoms with van der Waals surface area (Å²) in [7, 11) is 0. The van der Waals surface area contributed by atoms with Crippen molar-refractivity contribution in [3.05, 3.63) is 158 Å². The first-order chi connectivity index (χ1) is 21.5. The molecule has 1 atom stereocenters. The second kappa shape index (κ2) is 15.8. The molecule has 5 aromatic rings. The standard InChI is InChI=1S/C21H20N.C21H23.2CH3.Si.Zr/c1-14(2)17-12-18-11-15(3)22(21(18)13-17)20-10-6-8-16-7-4-5-9-19(16)20;1-14-12-19-15(2)6-11-18(20(19)13-14)16-7-9-17(10-8-16)21(3,4)5;;;;/h4-11,13-15H,1-3H3;6-13H,1-5H3;2*1H3;;/q4*-1;;. The molecule has 0 amide bonds. The van der Waals surface area contributed by atoms with Gasteiger partial charge < -0.3 is 19.8 Å². The third kappa shape index (κ3) is 7.96. The summed E-state index contributed by atoms with van der Waals surface area (Å²) in [4.78, 5) is 2.44. The number of fused-ring (bicyclic) bond motifs is 3. The number of anilines is 1. The maximum atomic E-state index is 3.57. The summed E-state index contributed by atoms with van der Waals surface area (Å²) in [5.41, 5.74) is 12.1. The van der Waals surface area contributed by atoms with Gasteiger partial charge in [-0.3, -0.25) is 0 Å². The number of hydrogen-bond donors (Lipinski definition) is 0. The van der Waals surface area contributed by atoms with Crippen LogP contribution < -0.4 is 4.90 Å². The summed E-state index contributed by atoms with van der Waals surface area (Å²) in [5, 5.41) is 5.35. The maximum absolute atomic E-state index is 3.57. The Bertz CT molecular complexity index is 1920. The van der Waals surface area contributed by atoms with E-state index in [1.54, 1.807) is 0 Å². The van der Waals surface area contributed by atoms with Crippen LogP contribution in [-0.4, -0.2) is 12.9 Å². The summed E-state index contributed by atoms with van der Waals surface area (Å²) in [5.74, 6) is 0.517. The number of nitrogens with zero attached hydrogens (tertiary/aromatic N) is 1. The molecule has 1 aliphatic heterocycles. The van der Waals surface area contributed by atoms with Crippen molar-refractivity contribution in [3.8, 4) is 11.1 Å². The van der Waals surface area contributed by atoms with E-state index < -0.39 is 0 Å². The zero-order chi connectivity index (χ0) is 32.5. The van der Waals surface area contributed by atoms with Crippen LogP contribution in [-0.2, 0) is 28.8 Å². The van der Waals surface area contributed by atoms with Crippen molar-refractivity contribution in [3.63, 3.8) is 0 Å². The van der Waals surface area contributed by atoms with Crippen LogP contribution in [0.25, 0.3) is 32.7 Å². The molecule has 1 heterocycles. The molecule has 0 fully saturated rings. The first-order valence-corrected chi connectivity index (χ1v) is 20.1. The number of benzene rings is 4. The quantitative estimate of drug-likeness (QED) is 0.133. The van der Waals surface area contributed by atoms with Gasteiger partial charge in [0, 0.05) is 17.1 Å². The van der Waals surface area contributed by atoms with E-state index in [1.807, 2.05) is 0 Å². The van der Waals surface area contributed by atoms with E-state index in [1.165, 1.54) is 95.2 Å². The summed E-state index contributed by atoms with van der Waals surface area (Å²) in [6.07, 6.45) is 8.20. The minimum atomic E-state index is 0. The molecule has 1 aliphatic carbocycles. The fourth-order valence-electron chi connectivity index (χ4n) is 6.41. The van der Waals surface area contributed by atoms with Crippen molar-refractivity contribution in [2.45, 2.75) is 66.8 Å². The Kier molecular flexibility index (Phi) is 12.9. The van der Waals surface area contributed by atoms with Crippen molar-refractivity contribution in [1.82, 2.24) is 0 Å². The van der Waals surface area contributed by atoms with Crippen molar-refractivity contribution in [1.29, 1.82) is 0 Å². The van der Waals surface area contributed by atoms with E-state index in [-0.39, 0.29) is 20.3 Å². The fourth-order valence-corrected chi connectivity index (χ4v) is 6.41. The molecule has 7 rings (SSSR count). The predicted molar refractivity (Wildman–Crippen MR) is 205 cm³/mol. The molecule has 5 aromatic carbocycles. The Morgan fingerprint density at radius 1 is 0.851 bits per heavy atom. The van der Waals surface area contributed by atoms with Crippen LogP contribution in [0.15, 0.2) is 120 Å². The van der Waals surface area contributed by atoms with Crippen molar-refractivity contribution in [2.24, 2.45) is 5.92 Å². The van der Waals surface area contributed by atoms with Crippen LogP contribution in [0.5, 0.6) is 0 Å². The van der Waals surface area contributed by atoms with Crippen LogP contribution in [0.3, 0.4) is 0 Å². The normalized spacial score (nSPS) is 14.9. The van der Waals surface area contributed by atoms with Crippen LogP contribution in [0.2, 0.25) is 0 Å². The molecular formula is C44H49NSiZr-4. The average molecular weight is 711 g/mol. The van der Waals surface area contributed by atoms with Crippen molar-refractivity contribution >= 4 is 34.1 Å². The number of hydrogen-bond acceptors (Lipinski definition) is 1. The molecule has 0 spiro atoms. The van der Waals surface area contributed by atoms with Gasteiger partial charge in [0.05, 0.1) is 0 Å². The van der Waals surface area contributed by atoms with Crippen molar-refractivity contribution < 1.29 is 23.3 Å². The molecule has 1 unspecified atom stereocenters. The minimum absolute atomic E-state index is 0. The molecule has 1 nitrogen and oxygen atoms in total. The number of allylic oxidation sites excluding steroid dienone is 3. The van der Waals surface area contributed by atoms with E-state index in [0.29, 0.717) is 12.0 Å². The van der Waals surface area contributed by atoms with Crippen LogP contribution in [0.1, 0.15) is 58.2 Å². The van der Waals surface area contributed by atoms with Gasteiger partial charge in [-0.15, -0.1) is 63.4 Å². The van der Waals surface area contributed by atoms with Gasteiger partial charge >= 0.3 is 30.2 Å². The molecule has 2 aliphatic rings. The topological polar surface area (TPSA) is 3.24 Å². The van der Waals surface area contributed by atoms with Crippen LogP contribution in [0.4, 0.5) is 5.69 Å². The van der Waals surface area contributed by atoms with Gasteiger partial charge in [-0.2, -0.15) is 6.07 Å². The molecular weight excluding hydrogens is 662 g/mol. The van der Waals surface area contributed by atoms with E-state index >= 15 is 0 Å². The Balaban J connectivity index is 0.000000234. The predicted octanol–water partition coefficient (Wildman–Crippen LogP) is 11.9. The molecule has 47 heavy (non-hydrogen) atoms. The third-order valence-electron chi connectivity index (χ3n) is 8.88. The molecule has 0 bridgehead atoms. The first kappa shape index (κ1) is 38.3. The second-order valence-electron chi connectivity index (χ2n) is 13.6. The number of aryl methyl sites for hydroxylation is 2. The SMILES string of the molecule is CC(C)C1=[C-]C2=CC(C)N(c3cccc4ccccc34)C2=C1.Cc1cc2c(-c3ccc(C(C)(C)C)cc3)ccc(C)c2[cH-]1.[CH3-].[CH3-].[Si]=[Zr]. The van der Waals surface area contributed by atoms with Gasteiger partial charge in [-0.05, 0) is 40.8 Å². The van der Waals surface area contributed by atoms with Crippen LogP contribution >= 0.6 is 0 Å². The summed E-state index contributed by atoms with van der Waals surface area (Å²) in [6.45, 7) is 20.9. The summed E-state index contributed by atoms with van der Waals surface area (Å²) in [6, 6.07) is 33.7. The summed E-state index contributed by atoms with van der Waals surface area (Å²) < 4.78 is 0. The van der Waals surface area contributed by atoms with E-state index in [4.69, 9.17) is 0 Å². The molecule has 0 aromatic heterocycles. The van der Waals surface area contributed by atoms with Gasteiger partial charge in [-0.1, -0.05) is 126 Å². The zero-order valence-corrected chi connectivity index (χ0v) is 33.4. The second-order valence-corrected chi connectivity index (χ2v) is 13.6. The Hall–Kier alpha value is -3.13. The van der Waals surface area contributed by atoms with Crippen LogP contribution in [0, 0.1) is 40.7 Å². The van der Waals surface area contributed by atoms with E-state index in [0.717, 1.165) is 0 Å². The average Bonchev–Trinajstić information content (AvgIpc) is 3.70. The molecule has 0 N–H and O–H groups in total. The molecule has 242 valence electrons. The monoisotopic (exact) mass is 709 g/mol. The molecule has 0 saturated heterocycles. The third-order valence-corrected chi connectivity index (χ3v) is 8.88.